The highest BCUT2D eigenvalue weighted by Gasteiger charge is 2.09. The van der Waals surface area contributed by atoms with Crippen molar-refractivity contribution in [1.82, 2.24) is 19.9 Å². The highest BCUT2D eigenvalue weighted by molar-refractivity contribution is 7.98. The Morgan fingerprint density at radius 1 is 1.10 bits per heavy atom. The molecule has 0 aliphatic carbocycles. The highest BCUT2D eigenvalue weighted by atomic mass is 32.2. The lowest BCUT2D eigenvalue weighted by Gasteiger charge is -2.09. The van der Waals surface area contributed by atoms with E-state index in [4.69, 9.17) is 0 Å². The van der Waals surface area contributed by atoms with Crippen molar-refractivity contribution < 1.29 is 4.79 Å². The number of thiazole rings is 1. The van der Waals surface area contributed by atoms with Gasteiger partial charge in [0.15, 0.2) is 0 Å². The molecule has 4 aromatic rings. The summed E-state index contributed by atoms with van der Waals surface area (Å²) in [5, 5.41) is 6.19. The third-order valence-electron chi connectivity index (χ3n) is 4.64. The van der Waals surface area contributed by atoms with E-state index >= 15 is 0 Å². The molecule has 0 atom stereocenters. The number of rotatable bonds is 7. The van der Waals surface area contributed by atoms with E-state index in [1.54, 1.807) is 23.1 Å². The van der Waals surface area contributed by atoms with E-state index < -0.39 is 0 Å². The van der Waals surface area contributed by atoms with Gasteiger partial charge in [0.05, 0.1) is 21.7 Å². The first-order valence-electron chi connectivity index (χ1n) is 9.44. The lowest BCUT2D eigenvalue weighted by atomic mass is 10.2. The largest absolute Gasteiger partial charge is 0.350 e. The number of nitrogens with zero attached hydrogens (tertiary/aromatic N) is 3. The summed E-state index contributed by atoms with van der Waals surface area (Å²) in [6, 6.07) is 15.8. The Kier molecular flexibility index (Phi) is 5.97. The maximum absolute atomic E-state index is 12.5. The molecule has 0 saturated heterocycles. The summed E-state index contributed by atoms with van der Waals surface area (Å²) in [5.74, 6) is 1.74. The fraction of sp³-hybridized carbons (Fsp3) is 0.227. The van der Waals surface area contributed by atoms with E-state index in [2.05, 4.69) is 31.3 Å². The second-order valence-corrected chi connectivity index (χ2v) is 8.84. The number of thioether (sulfide) groups is 1. The van der Waals surface area contributed by atoms with E-state index in [0.29, 0.717) is 18.7 Å². The zero-order chi connectivity index (χ0) is 20.2. The molecule has 0 radical (unpaired) electrons. The standard InChI is InChI=1S/C22H22N4OS2/c1-15-24-20-5-3-4-6-21(20)26(15)12-11-23-22(27)17-7-9-19(10-8-17)29-14-18-13-28-16(2)25-18/h3-10,13H,11-12,14H2,1-2H3,(H,23,27). The van der Waals surface area contributed by atoms with E-state index in [1.807, 2.05) is 56.3 Å². The third-order valence-corrected chi connectivity index (χ3v) is 6.50. The predicted octanol–water partition coefficient (Wildman–Crippen LogP) is 4.83. The molecule has 29 heavy (non-hydrogen) atoms. The van der Waals surface area contributed by atoms with Crippen molar-refractivity contribution in [2.45, 2.75) is 31.0 Å². The van der Waals surface area contributed by atoms with Crippen molar-refractivity contribution in [2.24, 2.45) is 0 Å². The van der Waals surface area contributed by atoms with Gasteiger partial charge in [-0.1, -0.05) is 12.1 Å². The lowest BCUT2D eigenvalue weighted by Crippen LogP contribution is -2.27. The van der Waals surface area contributed by atoms with Crippen LogP contribution in [0.2, 0.25) is 0 Å². The van der Waals surface area contributed by atoms with Gasteiger partial charge in [-0.2, -0.15) is 0 Å². The number of hydrogen-bond donors (Lipinski definition) is 1. The first kappa shape index (κ1) is 19.7. The van der Waals surface area contributed by atoms with Gasteiger partial charge in [-0.3, -0.25) is 4.79 Å². The Balaban J connectivity index is 1.31. The number of amides is 1. The molecular weight excluding hydrogens is 400 g/mol. The fourth-order valence-electron chi connectivity index (χ4n) is 3.20. The van der Waals surface area contributed by atoms with Crippen molar-refractivity contribution >= 4 is 40.0 Å². The molecule has 0 saturated carbocycles. The van der Waals surface area contributed by atoms with Gasteiger partial charge < -0.3 is 9.88 Å². The summed E-state index contributed by atoms with van der Waals surface area (Å²) in [5.41, 5.74) is 3.85. The van der Waals surface area contributed by atoms with Gasteiger partial charge in [0.2, 0.25) is 0 Å². The summed E-state index contributed by atoms with van der Waals surface area (Å²) in [6.45, 7) is 5.26. The Hall–Kier alpha value is -2.64. The minimum absolute atomic E-state index is 0.0567. The zero-order valence-electron chi connectivity index (χ0n) is 16.4. The average molecular weight is 423 g/mol. The van der Waals surface area contributed by atoms with E-state index in [1.165, 1.54) is 0 Å². The number of benzene rings is 2. The van der Waals surface area contributed by atoms with Gasteiger partial charge in [-0.05, 0) is 50.2 Å². The molecule has 148 valence electrons. The number of nitrogens with one attached hydrogen (secondary N) is 1. The molecule has 0 aliphatic heterocycles. The summed E-state index contributed by atoms with van der Waals surface area (Å²) in [4.78, 5) is 22.6. The van der Waals surface area contributed by atoms with Crippen LogP contribution in [0.1, 0.15) is 26.9 Å². The quantitative estimate of drug-likeness (QED) is 0.433. The summed E-state index contributed by atoms with van der Waals surface area (Å²) in [7, 11) is 0. The summed E-state index contributed by atoms with van der Waals surface area (Å²) in [6.07, 6.45) is 0. The number of carbonyl (C=O) groups is 1. The van der Waals surface area contributed by atoms with Crippen LogP contribution in [0.4, 0.5) is 0 Å². The van der Waals surface area contributed by atoms with Crippen molar-refractivity contribution in [3.8, 4) is 0 Å². The molecule has 7 heteroatoms. The maximum Gasteiger partial charge on any atom is 0.251 e. The number of para-hydroxylation sites is 2. The van der Waals surface area contributed by atoms with Gasteiger partial charge in [0.1, 0.15) is 5.82 Å². The van der Waals surface area contributed by atoms with Crippen molar-refractivity contribution in [2.75, 3.05) is 6.54 Å². The molecule has 4 rings (SSSR count). The molecule has 0 aliphatic rings. The number of aromatic nitrogens is 3. The molecule has 5 nitrogen and oxygen atoms in total. The molecule has 2 aromatic carbocycles. The first-order chi connectivity index (χ1) is 14.1. The Bertz CT molecular complexity index is 1130. The Morgan fingerprint density at radius 3 is 2.66 bits per heavy atom. The van der Waals surface area contributed by atoms with Gasteiger partial charge in [-0.25, -0.2) is 9.97 Å². The van der Waals surface area contributed by atoms with Crippen LogP contribution in [-0.4, -0.2) is 27.0 Å². The van der Waals surface area contributed by atoms with Gasteiger partial charge in [0, 0.05) is 34.7 Å². The van der Waals surface area contributed by atoms with E-state index in [-0.39, 0.29) is 5.91 Å². The molecule has 2 heterocycles. The summed E-state index contributed by atoms with van der Waals surface area (Å²) < 4.78 is 2.13. The van der Waals surface area contributed by atoms with Crippen LogP contribution >= 0.6 is 23.1 Å². The lowest BCUT2D eigenvalue weighted by molar-refractivity contribution is 0.0952. The Morgan fingerprint density at radius 2 is 1.90 bits per heavy atom. The molecule has 0 unspecified atom stereocenters. The molecular formula is C22H22N4OS2. The molecule has 1 amide bonds. The summed E-state index contributed by atoms with van der Waals surface area (Å²) >= 11 is 3.40. The zero-order valence-corrected chi connectivity index (χ0v) is 18.0. The second kappa shape index (κ2) is 8.80. The SMILES string of the molecule is Cc1nc(CSc2ccc(C(=O)NCCn3c(C)nc4ccccc43)cc2)cs1. The molecule has 0 bridgehead atoms. The van der Waals surface area contributed by atoms with Crippen LogP contribution in [0.3, 0.4) is 0 Å². The number of hydrogen-bond acceptors (Lipinski definition) is 5. The van der Waals surface area contributed by atoms with Crippen LogP contribution in [-0.2, 0) is 12.3 Å². The van der Waals surface area contributed by atoms with Gasteiger partial charge in [0.25, 0.3) is 5.91 Å². The fourth-order valence-corrected chi connectivity index (χ4v) is 4.70. The highest BCUT2D eigenvalue weighted by Crippen LogP contribution is 2.24. The smallest absolute Gasteiger partial charge is 0.251 e. The van der Waals surface area contributed by atoms with Crippen LogP contribution < -0.4 is 5.32 Å². The topological polar surface area (TPSA) is 59.8 Å². The van der Waals surface area contributed by atoms with Gasteiger partial charge >= 0.3 is 0 Å². The normalized spacial score (nSPS) is 11.1. The van der Waals surface area contributed by atoms with E-state index in [9.17, 15) is 4.79 Å². The van der Waals surface area contributed by atoms with Crippen molar-refractivity contribution in [3.05, 3.63) is 76.0 Å². The van der Waals surface area contributed by atoms with Crippen LogP contribution in [0, 0.1) is 13.8 Å². The molecule has 0 fully saturated rings. The predicted molar refractivity (Wildman–Crippen MR) is 120 cm³/mol. The number of imidazole rings is 1. The Labute approximate surface area is 178 Å². The van der Waals surface area contributed by atoms with E-state index in [0.717, 1.165) is 38.2 Å². The average Bonchev–Trinajstić information content (AvgIpc) is 3.29. The molecule has 2 aromatic heterocycles. The van der Waals surface area contributed by atoms with Crippen LogP contribution in [0.25, 0.3) is 11.0 Å². The van der Waals surface area contributed by atoms with Gasteiger partial charge in [-0.15, -0.1) is 23.1 Å². The van der Waals surface area contributed by atoms with Crippen molar-refractivity contribution in [3.63, 3.8) is 0 Å². The molecule has 1 N–H and O–H groups in total. The second-order valence-electron chi connectivity index (χ2n) is 6.73. The first-order valence-corrected chi connectivity index (χ1v) is 11.3. The van der Waals surface area contributed by atoms with Crippen LogP contribution in [0.5, 0.6) is 0 Å². The minimum atomic E-state index is -0.0567. The number of fused-ring (bicyclic) bond motifs is 1. The minimum Gasteiger partial charge on any atom is -0.350 e. The monoisotopic (exact) mass is 422 g/mol. The maximum atomic E-state index is 12.5. The van der Waals surface area contributed by atoms with Crippen LogP contribution in [0.15, 0.2) is 58.8 Å². The van der Waals surface area contributed by atoms with Crippen molar-refractivity contribution in [1.29, 1.82) is 0 Å². The number of aryl methyl sites for hydroxylation is 2. The molecule has 0 spiro atoms. The third kappa shape index (κ3) is 4.68. The number of carbonyl (C=O) groups excluding carboxylic acids is 1.